The van der Waals surface area contributed by atoms with Gasteiger partial charge in [-0.25, -0.2) is 0 Å². The average Bonchev–Trinajstić information content (AvgIpc) is 2.13. The first kappa shape index (κ1) is 11.7. The van der Waals surface area contributed by atoms with Crippen LogP contribution in [0.4, 0.5) is 0 Å². The summed E-state index contributed by atoms with van der Waals surface area (Å²) in [5, 5.41) is 8.62. The number of benzene rings is 1. The molecule has 1 aromatic rings. The smallest absolute Gasteiger partial charge is 0.0471 e. The van der Waals surface area contributed by atoms with Gasteiger partial charge in [-0.05, 0) is 18.1 Å². The van der Waals surface area contributed by atoms with Gasteiger partial charge in [-0.2, -0.15) is 0 Å². The lowest BCUT2D eigenvalue weighted by Gasteiger charge is -1.99. The van der Waals surface area contributed by atoms with Gasteiger partial charge in [0.1, 0.15) is 0 Å². The van der Waals surface area contributed by atoms with Crippen LogP contribution in [0.5, 0.6) is 0 Å². The highest BCUT2D eigenvalue weighted by Gasteiger charge is 1.94. The fourth-order valence-electron chi connectivity index (χ4n) is 0.822. The lowest BCUT2D eigenvalue weighted by Crippen LogP contribution is -1.90. The van der Waals surface area contributed by atoms with E-state index in [1.807, 2.05) is 38.1 Å². The van der Waals surface area contributed by atoms with Crippen molar-refractivity contribution in [1.82, 2.24) is 0 Å². The molecule has 0 saturated carbocycles. The monoisotopic (exact) mass is 230 g/mol. The molecule has 0 heterocycles. The van der Waals surface area contributed by atoms with Crippen molar-refractivity contribution in [1.29, 1.82) is 0 Å². The van der Waals surface area contributed by atoms with Crippen molar-refractivity contribution in [3.8, 4) is 0 Å². The first-order valence-electron chi connectivity index (χ1n) is 4.19. The molecule has 1 nitrogen and oxygen atoms in total. The Morgan fingerprint density at radius 2 is 1.83 bits per heavy atom. The van der Waals surface area contributed by atoms with Gasteiger partial charge in [-0.15, -0.1) is 0 Å². The van der Waals surface area contributed by atoms with Gasteiger partial charge in [0.2, 0.25) is 0 Å². The second-order valence-corrected chi connectivity index (χ2v) is 2.92. The molecular formula is C10H15BrO. The van der Waals surface area contributed by atoms with Crippen molar-refractivity contribution in [3.63, 3.8) is 0 Å². The van der Waals surface area contributed by atoms with Gasteiger partial charge in [0, 0.05) is 11.1 Å². The molecular weight excluding hydrogens is 216 g/mol. The lowest BCUT2D eigenvalue weighted by molar-refractivity contribution is 0.299. The van der Waals surface area contributed by atoms with E-state index in [-0.39, 0.29) is 6.61 Å². The Labute approximate surface area is 82.6 Å². The largest absolute Gasteiger partial charge is 0.396 e. The standard InChI is InChI=1S/C8H9BrO.C2H6/c9-8-4-2-1-3-7(8)5-6-10;1-2/h1-4,10H,5-6H2;1-2H3. The third kappa shape index (κ3) is 3.88. The van der Waals surface area contributed by atoms with E-state index in [1.54, 1.807) is 0 Å². The summed E-state index contributed by atoms with van der Waals surface area (Å²) in [6, 6.07) is 7.91. The number of hydrogen-bond acceptors (Lipinski definition) is 1. The maximum Gasteiger partial charge on any atom is 0.0471 e. The van der Waals surface area contributed by atoms with Crippen molar-refractivity contribution in [3.05, 3.63) is 34.3 Å². The lowest BCUT2D eigenvalue weighted by atomic mass is 10.2. The van der Waals surface area contributed by atoms with E-state index < -0.39 is 0 Å². The van der Waals surface area contributed by atoms with E-state index in [1.165, 1.54) is 0 Å². The Bertz CT molecular complexity index is 211. The number of aliphatic hydroxyl groups excluding tert-OH is 1. The van der Waals surface area contributed by atoms with Gasteiger partial charge in [0.15, 0.2) is 0 Å². The van der Waals surface area contributed by atoms with E-state index in [0.29, 0.717) is 0 Å². The molecule has 0 spiro atoms. The molecule has 12 heavy (non-hydrogen) atoms. The van der Waals surface area contributed by atoms with Gasteiger partial charge in [0.05, 0.1) is 0 Å². The first-order valence-corrected chi connectivity index (χ1v) is 4.98. The third-order valence-electron chi connectivity index (χ3n) is 1.34. The second kappa shape index (κ2) is 7.32. The number of aliphatic hydroxyl groups is 1. The van der Waals surface area contributed by atoms with E-state index in [0.717, 1.165) is 16.5 Å². The van der Waals surface area contributed by atoms with Crippen molar-refractivity contribution < 1.29 is 5.11 Å². The molecule has 1 rings (SSSR count). The number of halogens is 1. The van der Waals surface area contributed by atoms with Gasteiger partial charge < -0.3 is 5.11 Å². The molecule has 0 saturated heterocycles. The van der Waals surface area contributed by atoms with Crippen LogP contribution in [0.3, 0.4) is 0 Å². The van der Waals surface area contributed by atoms with Crippen molar-refractivity contribution in [2.24, 2.45) is 0 Å². The Kier molecular flexibility index (Phi) is 7.11. The Morgan fingerprint density at radius 3 is 2.33 bits per heavy atom. The normalized spacial score (nSPS) is 8.67. The summed E-state index contributed by atoms with van der Waals surface area (Å²) in [5.41, 5.74) is 1.16. The predicted octanol–water partition coefficient (Wildman–Crippen LogP) is 3.01. The molecule has 0 aliphatic rings. The summed E-state index contributed by atoms with van der Waals surface area (Å²) in [5.74, 6) is 0. The van der Waals surface area contributed by atoms with Gasteiger partial charge in [-0.3, -0.25) is 0 Å². The van der Waals surface area contributed by atoms with Crippen LogP contribution >= 0.6 is 15.9 Å². The topological polar surface area (TPSA) is 20.2 Å². The Morgan fingerprint density at radius 1 is 1.25 bits per heavy atom. The zero-order chi connectivity index (χ0) is 9.40. The average molecular weight is 231 g/mol. The first-order chi connectivity index (χ1) is 5.84. The van der Waals surface area contributed by atoms with E-state index in [9.17, 15) is 0 Å². The minimum absolute atomic E-state index is 0.211. The molecule has 68 valence electrons. The predicted molar refractivity (Wildman–Crippen MR) is 56.3 cm³/mol. The maximum atomic E-state index is 8.62. The summed E-state index contributed by atoms with van der Waals surface area (Å²) in [6.07, 6.45) is 0.724. The van der Waals surface area contributed by atoms with Crippen LogP contribution in [0, 0.1) is 0 Å². The van der Waals surface area contributed by atoms with E-state index in [4.69, 9.17) is 5.11 Å². The molecule has 0 atom stereocenters. The van der Waals surface area contributed by atoms with Crippen LogP contribution < -0.4 is 0 Å². The molecule has 0 bridgehead atoms. The summed E-state index contributed by atoms with van der Waals surface area (Å²) in [6.45, 7) is 4.21. The SMILES string of the molecule is CC.OCCc1ccccc1Br. The van der Waals surface area contributed by atoms with Gasteiger partial charge in [0.25, 0.3) is 0 Å². The van der Waals surface area contributed by atoms with Crippen LogP contribution in [0.15, 0.2) is 28.7 Å². The summed E-state index contributed by atoms with van der Waals surface area (Å²) in [4.78, 5) is 0. The van der Waals surface area contributed by atoms with Crippen LogP contribution in [0.2, 0.25) is 0 Å². The Balaban J connectivity index is 0.000000561. The minimum atomic E-state index is 0.211. The molecule has 0 aliphatic heterocycles. The van der Waals surface area contributed by atoms with Crippen molar-refractivity contribution in [2.45, 2.75) is 20.3 Å². The summed E-state index contributed by atoms with van der Waals surface area (Å²) in [7, 11) is 0. The zero-order valence-corrected chi connectivity index (χ0v) is 9.13. The van der Waals surface area contributed by atoms with Gasteiger partial charge >= 0.3 is 0 Å². The summed E-state index contributed by atoms with van der Waals surface area (Å²) < 4.78 is 1.07. The molecule has 0 aromatic heterocycles. The van der Waals surface area contributed by atoms with Crippen molar-refractivity contribution >= 4 is 15.9 Å². The molecule has 1 aromatic carbocycles. The highest BCUT2D eigenvalue weighted by atomic mass is 79.9. The second-order valence-electron chi connectivity index (χ2n) is 2.07. The molecule has 0 unspecified atom stereocenters. The Hall–Kier alpha value is -0.340. The fourth-order valence-corrected chi connectivity index (χ4v) is 1.30. The zero-order valence-electron chi connectivity index (χ0n) is 7.55. The highest BCUT2D eigenvalue weighted by molar-refractivity contribution is 9.10. The molecule has 1 N–H and O–H groups in total. The van der Waals surface area contributed by atoms with Crippen LogP contribution in [-0.2, 0) is 6.42 Å². The quantitative estimate of drug-likeness (QED) is 0.829. The minimum Gasteiger partial charge on any atom is -0.396 e. The van der Waals surface area contributed by atoms with Crippen LogP contribution in [0.25, 0.3) is 0 Å². The summed E-state index contributed by atoms with van der Waals surface area (Å²) >= 11 is 3.39. The molecule has 0 aliphatic carbocycles. The van der Waals surface area contributed by atoms with E-state index >= 15 is 0 Å². The van der Waals surface area contributed by atoms with Crippen molar-refractivity contribution in [2.75, 3.05) is 6.61 Å². The number of rotatable bonds is 2. The molecule has 0 fully saturated rings. The highest BCUT2D eigenvalue weighted by Crippen LogP contribution is 2.15. The molecule has 0 radical (unpaired) electrons. The third-order valence-corrected chi connectivity index (χ3v) is 2.11. The fraction of sp³-hybridized carbons (Fsp3) is 0.400. The van der Waals surface area contributed by atoms with E-state index in [2.05, 4.69) is 15.9 Å². The molecule has 2 heteroatoms. The molecule has 0 amide bonds. The number of hydrogen-bond donors (Lipinski definition) is 1. The van der Waals surface area contributed by atoms with Crippen LogP contribution in [-0.4, -0.2) is 11.7 Å². The van der Waals surface area contributed by atoms with Crippen LogP contribution in [0.1, 0.15) is 19.4 Å². The van der Waals surface area contributed by atoms with Gasteiger partial charge in [-0.1, -0.05) is 48.0 Å². The maximum absolute atomic E-state index is 8.62.